The van der Waals surface area contributed by atoms with E-state index in [1.54, 1.807) is 7.11 Å². The Kier molecular flexibility index (Phi) is 10.1. The van der Waals surface area contributed by atoms with Crippen LogP contribution in [0, 0.1) is 11.3 Å². The molecular weight excluding hydrogens is 362 g/mol. The highest BCUT2D eigenvalue weighted by molar-refractivity contribution is 5.85. The number of hydrogen-bond donors (Lipinski definition) is 2. The average molecular weight is 400 g/mol. The van der Waals surface area contributed by atoms with Crippen molar-refractivity contribution in [2.45, 2.75) is 58.5 Å². The minimum absolute atomic E-state index is 0. The Morgan fingerprint density at radius 3 is 2.56 bits per heavy atom. The summed E-state index contributed by atoms with van der Waals surface area (Å²) in [6.07, 6.45) is 4.79. The van der Waals surface area contributed by atoms with Crippen molar-refractivity contribution in [1.82, 2.24) is 5.32 Å². The lowest BCUT2D eigenvalue weighted by Crippen LogP contribution is -2.44. The van der Waals surface area contributed by atoms with E-state index in [4.69, 9.17) is 9.47 Å². The normalized spacial score (nSPS) is 19.8. The molecule has 1 saturated heterocycles. The van der Waals surface area contributed by atoms with E-state index < -0.39 is 5.60 Å². The SMILES string of the molecule is COCCCCC(O)(c1ccccc1OCC(C)(C)C)[C@@H]1CCCNC1.Cl. The molecule has 0 spiro atoms. The quantitative estimate of drug-likeness (QED) is 0.598. The number of piperidine rings is 1. The second-order valence-corrected chi connectivity index (χ2v) is 8.76. The summed E-state index contributed by atoms with van der Waals surface area (Å²) in [6, 6.07) is 8.04. The van der Waals surface area contributed by atoms with Crippen molar-refractivity contribution < 1.29 is 14.6 Å². The third-order valence-electron chi connectivity index (χ3n) is 5.14. The number of methoxy groups -OCH3 is 1. The molecule has 1 unspecified atom stereocenters. The zero-order valence-electron chi connectivity index (χ0n) is 17.4. The first-order valence-electron chi connectivity index (χ1n) is 10.0. The molecule has 0 bridgehead atoms. The molecule has 1 aliphatic heterocycles. The smallest absolute Gasteiger partial charge is 0.125 e. The summed E-state index contributed by atoms with van der Waals surface area (Å²) in [5.74, 6) is 1.03. The first kappa shape index (κ1) is 24.2. The van der Waals surface area contributed by atoms with Gasteiger partial charge >= 0.3 is 0 Å². The number of hydrogen-bond acceptors (Lipinski definition) is 4. The van der Waals surface area contributed by atoms with Crippen LogP contribution in [0.4, 0.5) is 0 Å². The Bertz CT molecular complexity index is 541. The van der Waals surface area contributed by atoms with Gasteiger partial charge in [-0.2, -0.15) is 0 Å². The van der Waals surface area contributed by atoms with Crippen molar-refractivity contribution in [3.05, 3.63) is 29.8 Å². The summed E-state index contributed by atoms with van der Waals surface area (Å²) < 4.78 is 11.3. The van der Waals surface area contributed by atoms with Crippen LogP contribution in [0.5, 0.6) is 5.75 Å². The Morgan fingerprint density at radius 2 is 1.93 bits per heavy atom. The van der Waals surface area contributed by atoms with Crippen molar-refractivity contribution in [1.29, 1.82) is 0 Å². The molecular formula is C22H38ClNO3. The van der Waals surface area contributed by atoms with Gasteiger partial charge in [0, 0.05) is 31.7 Å². The molecule has 27 heavy (non-hydrogen) atoms. The predicted molar refractivity (Wildman–Crippen MR) is 114 cm³/mol. The van der Waals surface area contributed by atoms with E-state index in [1.165, 1.54) is 0 Å². The Hall–Kier alpha value is -0.810. The van der Waals surface area contributed by atoms with Gasteiger partial charge in [-0.05, 0) is 50.1 Å². The van der Waals surface area contributed by atoms with Crippen LogP contribution < -0.4 is 10.1 Å². The fourth-order valence-corrected chi connectivity index (χ4v) is 3.70. The molecule has 0 saturated carbocycles. The molecule has 2 N–H and O–H groups in total. The van der Waals surface area contributed by atoms with Crippen molar-refractivity contribution in [3.8, 4) is 5.75 Å². The highest BCUT2D eigenvalue weighted by atomic mass is 35.5. The minimum atomic E-state index is -0.865. The van der Waals surface area contributed by atoms with E-state index in [2.05, 4.69) is 26.1 Å². The van der Waals surface area contributed by atoms with Gasteiger partial charge in [0.1, 0.15) is 5.75 Å². The van der Waals surface area contributed by atoms with Crippen LogP contribution in [0.15, 0.2) is 24.3 Å². The number of rotatable bonds is 9. The molecule has 0 amide bonds. The van der Waals surface area contributed by atoms with Crippen LogP contribution in [0.3, 0.4) is 0 Å². The Morgan fingerprint density at radius 1 is 1.19 bits per heavy atom. The topological polar surface area (TPSA) is 50.7 Å². The molecule has 5 heteroatoms. The first-order valence-corrected chi connectivity index (χ1v) is 10.0. The van der Waals surface area contributed by atoms with E-state index in [9.17, 15) is 5.11 Å². The maximum atomic E-state index is 11.9. The molecule has 1 aliphatic rings. The molecule has 1 aromatic carbocycles. The molecule has 0 radical (unpaired) electrons. The second-order valence-electron chi connectivity index (χ2n) is 8.76. The number of benzene rings is 1. The summed E-state index contributed by atoms with van der Waals surface area (Å²) in [5, 5.41) is 15.3. The van der Waals surface area contributed by atoms with Gasteiger partial charge < -0.3 is 19.9 Å². The van der Waals surface area contributed by atoms with Crippen LogP contribution in [0.1, 0.15) is 58.4 Å². The molecule has 2 rings (SSSR count). The van der Waals surface area contributed by atoms with Crippen molar-refractivity contribution in [2.24, 2.45) is 11.3 Å². The molecule has 156 valence electrons. The first-order chi connectivity index (χ1) is 12.4. The van der Waals surface area contributed by atoms with Crippen molar-refractivity contribution >= 4 is 12.4 Å². The molecule has 4 nitrogen and oxygen atoms in total. The molecule has 0 aliphatic carbocycles. The molecule has 1 heterocycles. The van der Waals surface area contributed by atoms with E-state index in [1.807, 2.05) is 24.3 Å². The molecule has 1 fully saturated rings. The van der Waals surface area contributed by atoms with Crippen molar-refractivity contribution in [2.75, 3.05) is 33.4 Å². The second kappa shape index (κ2) is 11.3. The van der Waals surface area contributed by atoms with Crippen LogP contribution in [0.2, 0.25) is 0 Å². The summed E-state index contributed by atoms with van der Waals surface area (Å²) in [5.41, 5.74) is 0.154. The van der Waals surface area contributed by atoms with Crippen LogP contribution >= 0.6 is 12.4 Å². The Labute approximate surface area is 171 Å². The maximum Gasteiger partial charge on any atom is 0.125 e. The van der Waals surface area contributed by atoms with Gasteiger partial charge in [-0.25, -0.2) is 0 Å². The summed E-state index contributed by atoms with van der Waals surface area (Å²) in [4.78, 5) is 0. The predicted octanol–water partition coefficient (Wildman–Crippen LogP) is 4.54. The number of ether oxygens (including phenoxy) is 2. The van der Waals surface area contributed by atoms with Gasteiger partial charge in [-0.15, -0.1) is 12.4 Å². The summed E-state index contributed by atoms with van der Waals surface area (Å²) in [6.45, 7) is 9.76. The van der Waals surface area contributed by atoms with Gasteiger partial charge in [0.25, 0.3) is 0 Å². The molecule has 0 aromatic heterocycles. The standard InChI is InChI=1S/C22H37NO3.ClH/c1-21(2,3)17-26-20-12-6-5-11-19(20)22(24,13-7-8-15-25-4)18-10-9-14-23-16-18;/h5-6,11-12,18,23-24H,7-10,13-17H2,1-4H3;1H/t18-,22?;/m1./s1. The lowest BCUT2D eigenvalue weighted by atomic mass is 9.74. The molecule has 2 atom stereocenters. The number of nitrogens with one attached hydrogen (secondary N) is 1. The van der Waals surface area contributed by atoms with Crippen LogP contribution in [-0.4, -0.2) is 38.5 Å². The van der Waals surface area contributed by atoms with Crippen molar-refractivity contribution in [3.63, 3.8) is 0 Å². The maximum absolute atomic E-state index is 11.9. The monoisotopic (exact) mass is 399 g/mol. The zero-order chi connectivity index (χ0) is 19.0. The van der Waals surface area contributed by atoms with E-state index in [0.717, 1.165) is 63.1 Å². The largest absolute Gasteiger partial charge is 0.493 e. The fourth-order valence-electron chi connectivity index (χ4n) is 3.70. The number of halogens is 1. The van der Waals surface area contributed by atoms with Crippen LogP contribution in [0.25, 0.3) is 0 Å². The highest BCUT2D eigenvalue weighted by Gasteiger charge is 2.40. The lowest BCUT2D eigenvalue weighted by molar-refractivity contribution is -0.0456. The minimum Gasteiger partial charge on any atom is -0.493 e. The molecule has 1 aromatic rings. The van der Waals surface area contributed by atoms with E-state index in [-0.39, 0.29) is 23.7 Å². The van der Waals surface area contributed by atoms with E-state index >= 15 is 0 Å². The van der Waals surface area contributed by atoms with Crippen LogP contribution in [-0.2, 0) is 10.3 Å². The number of unbranched alkanes of at least 4 members (excludes halogenated alkanes) is 1. The summed E-state index contributed by atoms with van der Waals surface area (Å²) >= 11 is 0. The third-order valence-corrected chi connectivity index (χ3v) is 5.14. The lowest BCUT2D eigenvalue weighted by Gasteiger charge is -2.40. The number of aliphatic hydroxyl groups is 1. The highest BCUT2D eigenvalue weighted by Crippen LogP contribution is 2.42. The van der Waals surface area contributed by atoms with Gasteiger partial charge in [0.2, 0.25) is 0 Å². The van der Waals surface area contributed by atoms with Gasteiger partial charge in [-0.3, -0.25) is 0 Å². The fraction of sp³-hybridized carbons (Fsp3) is 0.727. The van der Waals surface area contributed by atoms with Gasteiger partial charge in [0.05, 0.1) is 12.2 Å². The Balaban J connectivity index is 0.00000364. The number of para-hydroxylation sites is 1. The van der Waals surface area contributed by atoms with Gasteiger partial charge in [-0.1, -0.05) is 39.0 Å². The summed E-state index contributed by atoms with van der Waals surface area (Å²) in [7, 11) is 1.73. The average Bonchev–Trinajstić information content (AvgIpc) is 2.64. The van der Waals surface area contributed by atoms with Gasteiger partial charge in [0.15, 0.2) is 0 Å². The third kappa shape index (κ3) is 7.26. The van der Waals surface area contributed by atoms with E-state index in [0.29, 0.717) is 6.61 Å². The zero-order valence-corrected chi connectivity index (χ0v) is 18.2.